The van der Waals surface area contributed by atoms with E-state index in [0.29, 0.717) is 11.8 Å². The molecule has 0 fully saturated rings. The van der Waals surface area contributed by atoms with Gasteiger partial charge in [0, 0.05) is 26.5 Å². The van der Waals surface area contributed by atoms with E-state index in [1.807, 2.05) is 0 Å². The molecule has 0 saturated carbocycles. The molecule has 0 aliphatic carbocycles. The fraction of sp³-hybridized carbons (Fsp3) is 0.636. The molecule has 0 atom stereocenters. The third kappa shape index (κ3) is 3.62. The van der Waals surface area contributed by atoms with Crippen LogP contribution in [0.5, 0.6) is 0 Å². The molecule has 86 valence electrons. The zero-order chi connectivity index (χ0) is 11.3. The molecule has 1 heterocycles. The van der Waals surface area contributed by atoms with E-state index < -0.39 is 0 Å². The number of hydrogen-bond donors (Lipinski definition) is 0. The maximum absolute atomic E-state index is 6.08. The lowest BCUT2D eigenvalue weighted by molar-refractivity contribution is 0.343. The van der Waals surface area contributed by atoms with Crippen molar-refractivity contribution in [3.63, 3.8) is 0 Å². The quantitative estimate of drug-likeness (QED) is 0.620. The van der Waals surface area contributed by atoms with Crippen LogP contribution >= 0.6 is 50.5 Å². The highest BCUT2D eigenvalue weighted by Gasteiger charge is 2.28. The van der Waals surface area contributed by atoms with Crippen molar-refractivity contribution < 1.29 is 0 Å². The van der Waals surface area contributed by atoms with Crippen LogP contribution in [0.3, 0.4) is 0 Å². The largest absolute Gasteiger partial charge is 0.148 e. The summed E-state index contributed by atoms with van der Waals surface area (Å²) in [5.41, 5.74) is 0.0607. The van der Waals surface area contributed by atoms with Gasteiger partial charge < -0.3 is 0 Å². The molecule has 4 heteroatoms. The summed E-state index contributed by atoms with van der Waals surface area (Å²) in [4.78, 5) is 1.35. The molecule has 15 heavy (non-hydrogen) atoms. The number of hydrogen-bond acceptors (Lipinski definition) is 1. The minimum atomic E-state index is 0.0607. The Morgan fingerprint density at radius 1 is 1.40 bits per heavy atom. The van der Waals surface area contributed by atoms with Crippen molar-refractivity contribution in [1.29, 1.82) is 0 Å². The summed E-state index contributed by atoms with van der Waals surface area (Å²) in [6.07, 6.45) is 3.19. The molecule has 1 aromatic rings. The summed E-state index contributed by atoms with van der Waals surface area (Å²) in [6, 6.07) is 2.08. The Bertz CT molecular complexity index is 295. The normalized spacial score (nSPS) is 12.0. The average molecular weight is 330 g/mol. The van der Waals surface area contributed by atoms with Gasteiger partial charge in [0.05, 0.1) is 0 Å². The van der Waals surface area contributed by atoms with Gasteiger partial charge >= 0.3 is 0 Å². The van der Waals surface area contributed by atoms with E-state index >= 15 is 0 Å². The van der Waals surface area contributed by atoms with Gasteiger partial charge in [-0.3, -0.25) is 0 Å². The van der Waals surface area contributed by atoms with Crippen molar-refractivity contribution in [3.05, 3.63) is 20.8 Å². The summed E-state index contributed by atoms with van der Waals surface area (Å²) in [5, 5.41) is 2.10. The molecule has 1 aromatic heterocycles. The van der Waals surface area contributed by atoms with Crippen LogP contribution in [0.15, 0.2) is 15.9 Å². The van der Waals surface area contributed by atoms with E-state index in [0.717, 1.165) is 19.3 Å². The zero-order valence-electron chi connectivity index (χ0n) is 8.73. The molecule has 0 amide bonds. The Morgan fingerprint density at radius 2 is 2.07 bits per heavy atom. The smallest absolute Gasteiger partial charge is 0.0314 e. The second-order valence-electron chi connectivity index (χ2n) is 3.89. The number of alkyl halides is 2. The van der Waals surface area contributed by atoms with Gasteiger partial charge in [-0.25, -0.2) is 0 Å². The van der Waals surface area contributed by atoms with Crippen molar-refractivity contribution in [1.82, 2.24) is 0 Å². The zero-order valence-corrected chi connectivity index (χ0v) is 12.6. The van der Waals surface area contributed by atoms with Gasteiger partial charge in [-0.15, -0.1) is 34.5 Å². The van der Waals surface area contributed by atoms with Crippen LogP contribution in [0.25, 0.3) is 0 Å². The summed E-state index contributed by atoms with van der Waals surface area (Å²) in [6.45, 7) is 2.18. The van der Waals surface area contributed by atoms with Gasteiger partial charge in [0.25, 0.3) is 0 Å². The lowest BCUT2D eigenvalue weighted by atomic mass is 9.83. The van der Waals surface area contributed by atoms with E-state index in [-0.39, 0.29) is 5.41 Å². The average Bonchev–Trinajstić information content (AvgIpc) is 2.63. The molecule has 0 aliphatic heterocycles. The molecular formula is C11H15BrCl2S. The van der Waals surface area contributed by atoms with Gasteiger partial charge in [0.15, 0.2) is 0 Å². The van der Waals surface area contributed by atoms with E-state index in [9.17, 15) is 0 Å². The standard InChI is InChI=1S/C11H15BrCl2S/c1-2-4-11(7-13,8-14)6-10-9(12)3-5-15-10/h3,5H,2,4,6-8H2,1H3. The predicted octanol–water partition coefficient (Wildman–Crippen LogP) is 5.32. The molecule has 0 aromatic carbocycles. The van der Waals surface area contributed by atoms with E-state index in [1.165, 1.54) is 9.35 Å². The van der Waals surface area contributed by atoms with Gasteiger partial charge in [0.1, 0.15) is 0 Å². The summed E-state index contributed by atoms with van der Waals surface area (Å²) in [7, 11) is 0. The number of halogens is 3. The Kier molecular flexibility index (Phi) is 5.98. The monoisotopic (exact) mass is 328 g/mol. The highest BCUT2D eigenvalue weighted by molar-refractivity contribution is 9.10. The van der Waals surface area contributed by atoms with Crippen molar-refractivity contribution in [2.75, 3.05) is 11.8 Å². The topological polar surface area (TPSA) is 0 Å². The summed E-state index contributed by atoms with van der Waals surface area (Å²) >= 11 is 17.5. The third-order valence-corrected chi connectivity index (χ3v) is 5.63. The first-order chi connectivity index (χ1) is 7.17. The predicted molar refractivity (Wildman–Crippen MR) is 74.5 cm³/mol. The maximum atomic E-state index is 6.08. The van der Waals surface area contributed by atoms with Gasteiger partial charge in [-0.2, -0.15) is 0 Å². The first kappa shape index (κ1) is 13.8. The van der Waals surface area contributed by atoms with Crippen LogP contribution in [0.4, 0.5) is 0 Å². The molecule has 0 unspecified atom stereocenters. The van der Waals surface area contributed by atoms with Crippen molar-refractivity contribution >= 4 is 50.5 Å². The first-order valence-corrected chi connectivity index (χ1v) is 7.75. The van der Waals surface area contributed by atoms with Crippen molar-refractivity contribution in [2.24, 2.45) is 5.41 Å². The Balaban J connectivity index is 2.78. The fourth-order valence-corrected chi connectivity index (χ4v) is 4.08. The summed E-state index contributed by atoms with van der Waals surface area (Å²) in [5.74, 6) is 1.27. The van der Waals surface area contributed by atoms with E-state index in [2.05, 4.69) is 34.3 Å². The Labute approximate surface area is 114 Å². The van der Waals surface area contributed by atoms with Gasteiger partial charge in [0.2, 0.25) is 0 Å². The molecule has 0 nitrogen and oxygen atoms in total. The highest BCUT2D eigenvalue weighted by atomic mass is 79.9. The summed E-state index contributed by atoms with van der Waals surface area (Å²) < 4.78 is 1.18. The van der Waals surface area contributed by atoms with Crippen LogP contribution in [0.1, 0.15) is 24.6 Å². The molecule has 0 bridgehead atoms. The van der Waals surface area contributed by atoms with Crippen LogP contribution < -0.4 is 0 Å². The lowest BCUT2D eigenvalue weighted by Crippen LogP contribution is -2.27. The fourth-order valence-electron chi connectivity index (χ4n) is 1.67. The first-order valence-electron chi connectivity index (χ1n) is 5.01. The van der Waals surface area contributed by atoms with Crippen molar-refractivity contribution in [2.45, 2.75) is 26.2 Å². The van der Waals surface area contributed by atoms with Crippen molar-refractivity contribution in [3.8, 4) is 0 Å². The van der Waals surface area contributed by atoms with Crippen LogP contribution in [0.2, 0.25) is 0 Å². The molecular weight excluding hydrogens is 315 g/mol. The molecule has 1 rings (SSSR count). The lowest BCUT2D eigenvalue weighted by Gasteiger charge is -2.28. The second-order valence-corrected chi connectivity index (χ2v) is 6.28. The molecule has 0 aliphatic rings. The van der Waals surface area contributed by atoms with E-state index in [1.54, 1.807) is 11.3 Å². The Morgan fingerprint density at radius 3 is 2.47 bits per heavy atom. The molecule has 0 radical (unpaired) electrons. The van der Waals surface area contributed by atoms with Crippen LogP contribution in [-0.2, 0) is 6.42 Å². The second kappa shape index (κ2) is 6.48. The van der Waals surface area contributed by atoms with Gasteiger partial charge in [-0.05, 0) is 40.2 Å². The maximum Gasteiger partial charge on any atom is 0.0314 e. The molecule has 0 saturated heterocycles. The van der Waals surface area contributed by atoms with E-state index in [4.69, 9.17) is 23.2 Å². The van der Waals surface area contributed by atoms with Crippen LogP contribution in [-0.4, -0.2) is 11.8 Å². The number of rotatable bonds is 6. The minimum absolute atomic E-state index is 0.0607. The minimum Gasteiger partial charge on any atom is -0.148 e. The molecule has 0 N–H and O–H groups in total. The third-order valence-electron chi connectivity index (χ3n) is 2.57. The number of thiophene rings is 1. The highest BCUT2D eigenvalue weighted by Crippen LogP contribution is 2.36. The Hall–Kier alpha value is 0.760. The van der Waals surface area contributed by atoms with Crippen LogP contribution in [0, 0.1) is 5.41 Å². The van der Waals surface area contributed by atoms with Gasteiger partial charge in [-0.1, -0.05) is 13.3 Å². The molecule has 0 spiro atoms. The SMILES string of the molecule is CCCC(CCl)(CCl)Cc1sccc1Br.